The highest BCUT2D eigenvalue weighted by Crippen LogP contribution is 2.38. The third-order valence-corrected chi connectivity index (χ3v) is 5.96. The van der Waals surface area contributed by atoms with Gasteiger partial charge in [0, 0.05) is 9.38 Å². The van der Waals surface area contributed by atoms with Crippen LogP contribution < -0.4 is 0 Å². The van der Waals surface area contributed by atoms with Crippen LogP contribution in [0.15, 0.2) is 75.1 Å². The fourth-order valence-corrected chi connectivity index (χ4v) is 4.44. The van der Waals surface area contributed by atoms with E-state index in [0.717, 1.165) is 29.5 Å². The number of aromatic nitrogens is 1. The Morgan fingerprint density at radius 3 is 2.44 bits per heavy atom. The van der Waals surface area contributed by atoms with E-state index in [2.05, 4.69) is 20.9 Å². The smallest absolute Gasteiger partial charge is 0.155 e. The van der Waals surface area contributed by atoms with Crippen molar-refractivity contribution in [2.24, 2.45) is 0 Å². The summed E-state index contributed by atoms with van der Waals surface area (Å²) in [5.41, 5.74) is 2.04. The van der Waals surface area contributed by atoms with E-state index in [0.29, 0.717) is 0 Å². The van der Waals surface area contributed by atoms with Crippen LogP contribution in [0.1, 0.15) is 5.56 Å². The molecule has 0 bridgehead atoms. The maximum absolute atomic E-state index is 8.94. The second-order valence-electron chi connectivity index (χ2n) is 4.89. The molecule has 120 valence electrons. The van der Waals surface area contributed by atoms with Crippen molar-refractivity contribution in [1.82, 2.24) is 4.98 Å². The van der Waals surface area contributed by atoms with Crippen LogP contribution >= 0.6 is 39.0 Å². The number of thiazole rings is 1. The van der Waals surface area contributed by atoms with Gasteiger partial charge in [0.1, 0.15) is 17.7 Å². The van der Waals surface area contributed by atoms with E-state index in [4.69, 9.17) is 10.5 Å². The molecule has 0 amide bonds. The Morgan fingerprint density at radius 1 is 1.04 bits per heavy atom. The topological polar surface area (TPSA) is 60.5 Å². The monoisotopic (exact) mass is 423 g/mol. The van der Waals surface area contributed by atoms with Gasteiger partial charge in [-0.3, -0.25) is 0 Å². The number of para-hydroxylation sites is 1. The van der Waals surface area contributed by atoms with E-state index in [1.807, 2.05) is 60.7 Å². The molecule has 0 spiro atoms. The number of benzene rings is 2. The van der Waals surface area contributed by atoms with Crippen LogP contribution in [-0.4, -0.2) is 4.98 Å². The van der Waals surface area contributed by atoms with Crippen molar-refractivity contribution in [3.05, 3.63) is 76.3 Å². The van der Waals surface area contributed by atoms with Gasteiger partial charge in [-0.05, 0) is 42.0 Å². The van der Waals surface area contributed by atoms with Crippen molar-refractivity contribution in [2.45, 2.75) is 4.34 Å². The first-order chi connectivity index (χ1) is 12.2. The molecule has 2 aromatic carbocycles. The van der Waals surface area contributed by atoms with Crippen LogP contribution in [0.4, 0.5) is 0 Å². The number of fused-ring (bicyclic) bond motifs is 1. The van der Waals surface area contributed by atoms with E-state index in [-0.39, 0.29) is 5.57 Å². The summed E-state index contributed by atoms with van der Waals surface area (Å²) in [4.78, 5) is 5.57. The number of halogens is 1. The molecule has 1 aromatic heterocycles. The molecular weight excluding hydrogens is 414 g/mol. The van der Waals surface area contributed by atoms with Gasteiger partial charge in [0.2, 0.25) is 0 Å². The van der Waals surface area contributed by atoms with E-state index >= 15 is 0 Å². The molecule has 0 N–H and O–H groups in total. The first-order valence-electron chi connectivity index (χ1n) is 7.21. The Kier molecular flexibility index (Phi) is 5.67. The zero-order chi connectivity index (χ0) is 17.6. The molecule has 0 aliphatic heterocycles. The molecule has 0 aliphatic carbocycles. The average Bonchev–Trinajstić information content (AvgIpc) is 3.04. The highest BCUT2D eigenvalue weighted by atomic mass is 79.9. The standard InChI is InChI=1S/C19H10BrN3S2/c20-15-8-6-14(7-9-15)17(10-5-13(11-21)12-22)24-19-23-16-3-1-2-4-18(16)25-19/h1-10H/b17-10-. The molecule has 25 heavy (non-hydrogen) atoms. The zero-order valence-electron chi connectivity index (χ0n) is 12.8. The van der Waals surface area contributed by atoms with Gasteiger partial charge in [0.25, 0.3) is 0 Å². The molecule has 0 radical (unpaired) electrons. The Balaban J connectivity index is 2.00. The van der Waals surface area contributed by atoms with Gasteiger partial charge in [0.05, 0.1) is 10.2 Å². The quantitative estimate of drug-likeness (QED) is 0.286. The maximum Gasteiger partial charge on any atom is 0.155 e. The van der Waals surface area contributed by atoms with Crippen molar-refractivity contribution < 1.29 is 0 Å². The zero-order valence-corrected chi connectivity index (χ0v) is 16.0. The molecule has 3 rings (SSSR count). The summed E-state index contributed by atoms with van der Waals surface area (Å²) < 4.78 is 3.04. The van der Waals surface area contributed by atoms with Crippen LogP contribution in [0.3, 0.4) is 0 Å². The lowest BCUT2D eigenvalue weighted by atomic mass is 10.2. The normalized spacial score (nSPS) is 10.9. The predicted molar refractivity (Wildman–Crippen MR) is 107 cm³/mol. The summed E-state index contributed by atoms with van der Waals surface area (Å²) in [5.74, 6) is 0. The highest BCUT2D eigenvalue weighted by molar-refractivity contribution is 9.10. The minimum absolute atomic E-state index is 0.0690. The summed E-state index contributed by atoms with van der Waals surface area (Å²) in [6.07, 6.45) is 3.33. The second-order valence-corrected chi connectivity index (χ2v) is 8.13. The van der Waals surface area contributed by atoms with E-state index in [1.54, 1.807) is 17.4 Å². The van der Waals surface area contributed by atoms with Gasteiger partial charge in [-0.25, -0.2) is 4.98 Å². The average molecular weight is 424 g/mol. The summed E-state index contributed by atoms with van der Waals surface area (Å²) in [5, 5.41) is 17.9. The third kappa shape index (κ3) is 4.37. The van der Waals surface area contributed by atoms with Crippen molar-refractivity contribution in [2.75, 3.05) is 0 Å². The number of thioether (sulfide) groups is 1. The van der Waals surface area contributed by atoms with Crippen molar-refractivity contribution >= 4 is 54.2 Å². The third-order valence-electron chi connectivity index (χ3n) is 3.24. The lowest BCUT2D eigenvalue weighted by molar-refractivity contribution is 1.31. The molecule has 0 fully saturated rings. The minimum Gasteiger partial charge on any atom is -0.229 e. The van der Waals surface area contributed by atoms with Crippen molar-refractivity contribution in [1.29, 1.82) is 10.5 Å². The van der Waals surface area contributed by atoms with Crippen LogP contribution in [0.25, 0.3) is 15.1 Å². The molecule has 3 nitrogen and oxygen atoms in total. The van der Waals surface area contributed by atoms with Gasteiger partial charge < -0.3 is 0 Å². The number of nitriles is 2. The molecule has 1 heterocycles. The molecule has 0 atom stereocenters. The number of allylic oxidation sites excluding steroid dienone is 3. The largest absolute Gasteiger partial charge is 0.229 e. The molecule has 0 saturated heterocycles. The number of rotatable bonds is 4. The molecule has 0 aliphatic rings. The number of nitrogens with zero attached hydrogens (tertiary/aromatic N) is 3. The number of hydrogen-bond donors (Lipinski definition) is 0. The van der Waals surface area contributed by atoms with Crippen LogP contribution in [0.5, 0.6) is 0 Å². The van der Waals surface area contributed by atoms with Gasteiger partial charge in [-0.1, -0.05) is 52.0 Å². The minimum atomic E-state index is 0.0690. The summed E-state index contributed by atoms with van der Waals surface area (Å²) in [6, 6.07) is 19.7. The Labute approximate surface area is 162 Å². The van der Waals surface area contributed by atoms with Gasteiger partial charge in [-0.15, -0.1) is 11.3 Å². The molecule has 0 saturated carbocycles. The molecule has 3 aromatic rings. The Bertz CT molecular complexity index is 1000. The Hall–Kier alpha value is -2.38. The fraction of sp³-hybridized carbons (Fsp3) is 0. The summed E-state index contributed by atoms with van der Waals surface area (Å²) in [6.45, 7) is 0. The van der Waals surface area contributed by atoms with Crippen molar-refractivity contribution in [3.63, 3.8) is 0 Å². The predicted octanol–water partition coefficient (Wildman–Crippen LogP) is 6.17. The molecular formula is C19H10BrN3S2. The second kappa shape index (κ2) is 8.13. The highest BCUT2D eigenvalue weighted by Gasteiger charge is 2.09. The molecule has 0 unspecified atom stereocenters. The van der Waals surface area contributed by atoms with E-state index in [1.165, 1.54) is 17.8 Å². The number of hydrogen-bond acceptors (Lipinski definition) is 5. The lowest BCUT2D eigenvalue weighted by Crippen LogP contribution is -1.81. The Morgan fingerprint density at radius 2 is 1.76 bits per heavy atom. The van der Waals surface area contributed by atoms with Gasteiger partial charge in [0.15, 0.2) is 4.34 Å². The van der Waals surface area contributed by atoms with Crippen LogP contribution in [0, 0.1) is 22.7 Å². The van der Waals surface area contributed by atoms with Crippen molar-refractivity contribution in [3.8, 4) is 12.1 Å². The van der Waals surface area contributed by atoms with E-state index in [9.17, 15) is 0 Å². The van der Waals surface area contributed by atoms with Crippen LogP contribution in [-0.2, 0) is 0 Å². The lowest BCUT2D eigenvalue weighted by Gasteiger charge is -2.05. The SMILES string of the molecule is N#CC(C#N)=C/C=C(\Sc1nc2ccccc2s1)c1ccc(Br)cc1. The summed E-state index contributed by atoms with van der Waals surface area (Å²) >= 11 is 6.58. The van der Waals surface area contributed by atoms with Crippen LogP contribution in [0.2, 0.25) is 0 Å². The van der Waals surface area contributed by atoms with Gasteiger partial charge >= 0.3 is 0 Å². The first kappa shape index (κ1) is 17.4. The molecule has 6 heteroatoms. The first-order valence-corrected chi connectivity index (χ1v) is 9.64. The van der Waals surface area contributed by atoms with Gasteiger partial charge in [-0.2, -0.15) is 10.5 Å². The maximum atomic E-state index is 8.94. The van der Waals surface area contributed by atoms with E-state index < -0.39 is 0 Å². The fourth-order valence-electron chi connectivity index (χ4n) is 2.05. The summed E-state index contributed by atoms with van der Waals surface area (Å²) in [7, 11) is 0.